The van der Waals surface area contributed by atoms with Gasteiger partial charge in [0.15, 0.2) is 5.96 Å². The Labute approximate surface area is 87.3 Å². The Morgan fingerprint density at radius 3 is 2.73 bits per heavy atom. The van der Waals surface area contributed by atoms with Crippen molar-refractivity contribution < 1.29 is 9.59 Å². The highest BCUT2D eigenvalue weighted by Crippen LogP contribution is 2.15. The lowest BCUT2D eigenvalue weighted by Crippen LogP contribution is -2.44. The van der Waals surface area contributed by atoms with Crippen LogP contribution in [0, 0.1) is 5.41 Å². The Morgan fingerprint density at radius 2 is 2.27 bits per heavy atom. The number of carbonyl (C=O) groups excluding carboxylic acids is 2. The molecule has 0 bridgehead atoms. The second kappa shape index (κ2) is 4.16. The fraction of sp³-hybridized carbons (Fsp3) is 0.625. The van der Waals surface area contributed by atoms with Gasteiger partial charge in [-0.2, -0.15) is 0 Å². The van der Waals surface area contributed by atoms with Crippen LogP contribution in [0.25, 0.3) is 0 Å². The van der Waals surface area contributed by atoms with Gasteiger partial charge in [0.1, 0.15) is 5.54 Å². The van der Waals surface area contributed by atoms with Crippen molar-refractivity contribution in [2.75, 3.05) is 6.54 Å². The average molecular weight is 213 g/mol. The fourth-order valence-electron chi connectivity index (χ4n) is 1.42. The molecule has 0 spiro atoms. The van der Waals surface area contributed by atoms with Gasteiger partial charge in [0.25, 0.3) is 5.91 Å². The molecule has 1 fully saturated rings. The molecule has 0 aromatic rings. The molecule has 6 N–H and O–H groups in total. The van der Waals surface area contributed by atoms with Crippen molar-refractivity contribution in [2.45, 2.75) is 25.3 Å². The molecule has 7 heteroatoms. The van der Waals surface area contributed by atoms with E-state index in [0.717, 1.165) is 0 Å². The van der Waals surface area contributed by atoms with Crippen LogP contribution < -0.4 is 21.7 Å². The molecule has 0 aliphatic carbocycles. The normalized spacial score (nSPS) is 24.6. The minimum atomic E-state index is -0.838. The van der Waals surface area contributed by atoms with Crippen molar-refractivity contribution in [1.29, 1.82) is 5.41 Å². The van der Waals surface area contributed by atoms with E-state index in [-0.39, 0.29) is 11.9 Å². The maximum absolute atomic E-state index is 11.4. The molecule has 7 nitrogen and oxygen atoms in total. The third-order valence-corrected chi connectivity index (χ3v) is 2.29. The van der Waals surface area contributed by atoms with Gasteiger partial charge in [-0.3, -0.25) is 15.5 Å². The van der Waals surface area contributed by atoms with Crippen LogP contribution in [-0.2, 0) is 4.79 Å². The number of imide groups is 1. The highest BCUT2D eigenvalue weighted by atomic mass is 16.2. The zero-order valence-electron chi connectivity index (χ0n) is 8.52. The summed E-state index contributed by atoms with van der Waals surface area (Å²) in [4.78, 5) is 22.2. The highest BCUT2D eigenvalue weighted by Gasteiger charge is 2.40. The van der Waals surface area contributed by atoms with Gasteiger partial charge in [-0.25, -0.2) is 4.79 Å². The lowest BCUT2D eigenvalue weighted by Gasteiger charge is -2.20. The molecule has 1 aliphatic rings. The standard InChI is InChI=1S/C8H15N5O2/c1-8(3-2-4-11-6(9)10)5(14)12-7(15)13-8/h2-4H2,1H3,(H4,9,10,11)(H2,12,13,14,15). The summed E-state index contributed by atoms with van der Waals surface area (Å²) in [6.45, 7) is 2.18. The summed E-state index contributed by atoms with van der Waals surface area (Å²) in [7, 11) is 0. The number of nitrogens with one attached hydrogen (secondary N) is 4. The minimum Gasteiger partial charge on any atom is -0.370 e. The van der Waals surface area contributed by atoms with Gasteiger partial charge >= 0.3 is 6.03 Å². The van der Waals surface area contributed by atoms with E-state index in [9.17, 15) is 9.59 Å². The van der Waals surface area contributed by atoms with Crippen LogP contribution in [0.3, 0.4) is 0 Å². The van der Waals surface area contributed by atoms with Crippen LogP contribution in [-0.4, -0.2) is 30.0 Å². The lowest BCUT2D eigenvalue weighted by molar-refractivity contribution is -0.123. The van der Waals surface area contributed by atoms with Crippen LogP contribution in [0.4, 0.5) is 4.79 Å². The number of rotatable bonds is 4. The molecule has 0 aromatic heterocycles. The Morgan fingerprint density at radius 1 is 1.60 bits per heavy atom. The average Bonchev–Trinajstić information content (AvgIpc) is 2.35. The van der Waals surface area contributed by atoms with Crippen molar-refractivity contribution in [3.63, 3.8) is 0 Å². The molecule has 0 saturated carbocycles. The van der Waals surface area contributed by atoms with Crippen molar-refractivity contribution >= 4 is 17.9 Å². The Hall–Kier alpha value is -1.79. The van der Waals surface area contributed by atoms with Crippen LogP contribution in [0.15, 0.2) is 0 Å². The first-order valence-electron chi connectivity index (χ1n) is 4.65. The summed E-state index contributed by atoms with van der Waals surface area (Å²) < 4.78 is 0. The number of nitrogens with two attached hydrogens (primary N) is 1. The van der Waals surface area contributed by atoms with E-state index < -0.39 is 11.6 Å². The molecule has 0 aromatic carbocycles. The Bertz CT molecular complexity index is 303. The van der Waals surface area contributed by atoms with Crippen LogP contribution in [0.1, 0.15) is 19.8 Å². The first-order valence-corrected chi connectivity index (χ1v) is 4.65. The van der Waals surface area contributed by atoms with Gasteiger partial charge in [0, 0.05) is 6.54 Å². The summed E-state index contributed by atoms with van der Waals surface area (Å²) in [5, 5.41) is 14.3. The van der Waals surface area contributed by atoms with Crippen molar-refractivity contribution in [2.24, 2.45) is 5.73 Å². The number of hydrogen-bond acceptors (Lipinski definition) is 3. The SMILES string of the molecule is CC1(CCCNC(=N)N)NC(=O)NC1=O. The summed E-state index contributed by atoms with van der Waals surface area (Å²) >= 11 is 0. The third-order valence-electron chi connectivity index (χ3n) is 2.29. The fourth-order valence-corrected chi connectivity index (χ4v) is 1.42. The van der Waals surface area contributed by atoms with Gasteiger partial charge in [-0.15, -0.1) is 0 Å². The second-order valence-corrected chi connectivity index (χ2v) is 3.68. The molecule has 1 atom stereocenters. The Balaban J connectivity index is 2.34. The summed E-state index contributed by atoms with van der Waals surface area (Å²) in [5.41, 5.74) is 4.25. The summed E-state index contributed by atoms with van der Waals surface area (Å²) in [6.07, 6.45) is 1.15. The van der Waals surface area contributed by atoms with Crippen LogP contribution in [0.2, 0.25) is 0 Å². The van der Waals surface area contributed by atoms with Gasteiger partial charge in [0.2, 0.25) is 0 Å². The van der Waals surface area contributed by atoms with E-state index in [1.165, 1.54) is 0 Å². The highest BCUT2D eigenvalue weighted by molar-refractivity contribution is 6.06. The third kappa shape index (κ3) is 2.83. The lowest BCUT2D eigenvalue weighted by atomic mass is 9.96. The topological polar surface area (TPSA) is 120 Å². The van der Waals surface area contributed by atoms with Gasteiger partial charge < -0.3 is 16.4 Å². The summed E-state index contributed by atoms with van der Waals surface area (Å²) in [6, 6.07) is -0.456. The molecule has 1 heterocycles. The molecule has 84 valence electrons. The number of amides is 3. The van der Waals surface area contributed by atoms with Crippen LogP contribution >= 0.6 is 0 Å². The molecule has 1 aliphatic heterocycles. The predicted molar refractivity (Wildman–Crippen MR) is 54.2 cm³/mol. The van der Waals surface area contributed by atoms with E-state index in [2.05, 4.69) is 16.0 Å². The van der Waals surface area contributed by atoms with Gasteiger partial charge in [-0.05, 0) is 19.8 Å². The minimum absolute atomic E-state index is 0.0972. The number of hydrogen-bond donors (Lipinski definition) is 5. The zero-order chi connectivity index (χ0) is 11.5. The molecule has 0 radical (unpaired) electrons. The number of carbonyl (C=O) groups is 2. The first kappa shape index (κ1) is 11.3. The van der Waals surface area contributed by atoms with E-state index >= 15 is 0 Å². The smallest absolute Gasteiger partial charge is 0.322 e. The zero-order valence-corrected chi connectivity index (χ0v) is 8.52. The summed E-state index contributed by atoms with van der Waals surface area (Å²) in [5.74, 6) is -0.407. The van der Waals surface area contributed by atoms with E-state index in [4.69, 9.17) is 11.1 Å². The largest absolute Gasteiger partial charge is 0.370 e. The predicted octanol–water partition coefficient (Wildman–Crippen LogP) is -1.15. The molecule has 1 saturated heterocycles. The van der Waals surface area contributed by atoms with Crippen molar-refractivity contribution in [3.8, 4) is 0 Å². The molecule has 15 heavy (non-hydrogen) atoms. The molecular weight excluding hydrogens is 198 g/mol. The molecule has 1 unspecified atom stereocenters. The van der Waals surface area contributed by atoms with Crippen molar-refractivity contribution in [3.05, 3.63) is 0 Å². The molecular formula is C8H15N5O2. The number of guanidine groups is 1. The molecule has 3 amide bonds. The monoisotopic (exact) mass is 213 g/mol. The van der Waals surface area contributed by atoms with Crippen molar-refractivity contribution in [1.82, 2.24) is 16.0 Å². The van der Waals surface area contributed by atoms with E-state index in [1.807, 2.05) is 0 Å². The van der Waals surface area contributed by atoms with E-state index in [1.54, 1.807) is 6.92 Å². The maximum atomic E-state index is 11.4. The first-order chi connectivity index (χ1) is 6.94. The van der Waals surface area contributed by atoms with Crippen LogP contribution in [0.5, 0.6) is 0 Å². The maximum Gasteiger partial charge on any atom is 0.322 e. The van der Waals surface area contributed by atoms with Gasteiger partial charge in [-0.1, -0.05) is 0 Å². The van der Waals surface area contributed by atoms with E-state index in [0.29, 0.717) is 19.4 Å². The number of urea groups is 1. The quantitative estimate of drug-likeness (QED) is 0.175. The second-order valence-electron chi connectivity index (χ2n) is 3.68. The molecule has 1 rings (SSSR count). The Kier molecular flexibility index (Phi) is 3.13. The van der Waals surface area contributed by atoms with Gasteiger partial charge in [0.05, 0.1) is 0 Å².